The summed E-state index contributed by atoms with van der Waals surface area (Å²) in [6, 6.07) is 0. The predicted molar refractivity (Wildman–Crippen MR) is 74.2 cm³/mol. The molecular formula is C14H28OS. The fourth-order valence-electron chi connectivity index (χ4n) is 2.36. The molecule has 0 N–H and O–H groups in total. The molecule has 3 atom stereocenters. The molecule has 1 saturated carbocycles. The highest BCUT2D eigenvalue weighted by Crippen LogP contribution is 2.30. The number of hydrogen-bond donors (Lipinski definition) is 1. The molecule has 2 heteroatoms. The van der Waals surface area contributed by atoms with E-state index in [1.807, 2.05) is 0 Å². The largest absolute Gasteiger partial charge is 0.378 e. The monoisotopic (exact) mass is 244 g/mol. The molecule has 0 saturated heterocycles. The van der Waals surface area contributed by atoms with Gasteiger partial charge in [0.25, 0.3) is 0 Å². The maximum atomic E-state index is 6.08. The van der Waals surface area contributed by atoms with E-state index >= 15 is 0 Å². The van der Waals surface area contributed by atoms with Gasteiger partial charge in [-0.15, -0.1) is 0 Å². The minimum absolute atomic E-state index is 0.308. The molecule has 0 bridgehead atoms. The summed E-state index contributed by atoms with van der Waals surface area (Å²) < 4.78 is 6.08. The highest BCUT2D eigenvalue weighted by atomic mass is 32.1. The highest BCUT2D eigenvalue weighted by molar-refractivity contribution is 7.80. The molecule has 0 heterocycles. The molecule has 96 valence electrons. The van der Waals surface area contributed by atoms with Crippen LogP contribution in [0.1, 0.15) is 53.4 Å². The summed E-state index contributed by atoms with van der Waals surface area (Å²) in [6.45, 7) is 10.1. The van der Waals surface area contributed by atoms with Crippen molar-refractivity contribution in [3.05, 3.63) is 0 Å². The average Bonchev–Trinajstić information content (AvgIpc) is 2.16. The Labute approximate surface area is 107 Å². The first kappa shape index (κ1) is 14.4. The molecule has 1 rings (SSSR count). The predicted octanol–water partition coefficient (Wildman–Crippen LogP) is 4.17. The van der Waals surface area contributed by atoms with Crippen molar-refractivity contribution in [2.45, 2.75) is 59.5 Å². The van der Waals surface area contributed by atoms with Gasteiger partial charge in [0.2, 0.25) is 0 Å². The van der Waals surface area contributed by atoms with Gasteiger partial charge in [0.05, 0.1) is 12.7 Å². The maximum Gasteiger partial charge on any atom is 0.0577 e. The Balaban J connectivity index is 2.32. The Bertz CT molecular complexity index is 197. The molecule has 16 heavy (non-hydrogen) atoms. The lowest BCUT2D eigenvalue weighted by Crippen LogP contribution is -2.30. The van der Waals surface area contributed by atoms with Gasteiger partial charge in [0, 0.05) is 0 Å². The van der Waals surface area contributed by atoms with Crippen LogP contribution in [0.15, 0.2) is 0 Å². The summed E-state index contributed by atoms with van der Waals surface area (Å²) in [4.78, 5) is 0. The van der Waals surface area contributed by atoms with Crippen molar-refractivity contribution in [3.63, 3.8) is 0 Å². The topological polar surface area (TPSA) is 9.23 Å². The summed E-state index contributed by atoms with van der Waals surface area (Å²) in [5, 5.41) is 0. The van der Waals surface area contributed by atoms with Gasteiger partial charge in [0.15, 0.2) is 0 Å². The molecule has 0 spiro atoms. The minimum atomic E-state index is 0.308. The van der Waals surface area contributed by atoms with Crippen LogP contribution in [-0.2, 0) is 4.74 Å². The van der Waals surface area contributed by atoms with Crippen LogP contribution in [0.3, 0.4) is 0 Å². The van der Waals surface area contributed by atoms with E-state index in [9.17, 15) is 0 Å². The van der Waals surface area contributed by atoms with Gasteiger partial charge in [-0.05, 0) is 35.8 Å². The van der Waals surface area contributed by atoms with Crippen LogP contribution in [0.2, 0.25) is 0 Å². The third-order valence-corrected chi connectivity index (χ3v) is 4.31. The molecule has 1 nitrogen and oxygen atoms in total. The first-order chi connectivity index (χ1) is 7.43. The second-order valence-electron chi connectivity index (χ2n) is 6.47. The van der Waals surface area contributed by atoms with Gasteiger partial charge in [-0.3, -0.25) is 0 Å². The van der Waals surface area contributed by atoms with Gasteiger partial charge >= 0.3 is 0 Å². The van der Waals surface area contributed by atoms with E-state index in [0.29, 0.717) is 17.4 Å². The standard InChI is InChI=1S/C14H28OS/c1-11-6-5-7-13(8-11)15-9-12(10-16)14(2,3)4/h11-13,16H,5-10H2,1-4H3. The van der Waals surface area contributed by atoms with Crippen LogP contribution in [0.4, 0.5) is 0 Å². The van der Waals surface area contributed by atoms with Crippen molar-refractivity contribution in [2.75, 3.05) is 12.4 Å². The summed E-state index contributed by atoms with van der Waals surface area (Å²) in [6.07, 6.45) is 5.74. The van der Waals surface area contributed by atoms with E-state index < -0.39 is 0 Å². The van der Waals surface area contributed by atoms with E-state index in [0.717, 1.165) is 18.3 Å². The molecular weight excluding hydrogens is 216 g/mol. The quantitative estimate of drug-likeness (QED) is 0.730. The smallest absolute Gasteiger partial charge is 0.0577 e. The van der Waals surface area contributed by atoms with Gasteiger partial charge < -0.3 is 4.74 Å². The van der Waals surface area contributed by atoms with E-state index in [4.69, 9.17) is 4.74 Å². The van der Waals surface area contributed by atoms with E-state index in [1.165, 1.54) is 25.7 Å². The van der Waals surface area contributed by atoms with Crippen molar-refractivity contribution in [1.82, 2.24) is 0 Å². The van der Waals surface area contributed by atoms with E-state index in [2.05, 4.69) is 40.3 Å². The molecule has 3 unspecified atom stereocenters. The van der Waals surface area contributed by atoms with Gasteiger partial charge in [-0.2, -0.15) is 12.6 Å². The summed E-state index contributed by atoms with van der Waals surface area (Å²) in [7, 11) is 0. The first-order valence-corrected chi connectivity index (χ1v) is 7.29. The SMILES string of the molecule is CC1CCCC(OCC(CS)C(C)(C)C)C1. The normalized spacial score (nSPS) is 29.1. The zero-order chi connectivity index (χ0) is 12.2. The molecule has 1 aliphatic rings. The van der Waals surface area contributed by atoms with E-state index in [1.54, 1.807) is 0 Å². The summed E-state index contributed by atoms with van der Waals surface area (Å²) in [5.74, 6) is 2.34. The highest BCUT2D eigenvalue weighted by Gasteiger charge is 2.26. The second-order valence-corrected chi connectivity index (χ2v) is 6.84. The Hall–Kier alpha value is 0.310. The Morgan fingerprint density at radius 1 is 1.31 bits per heavy atom. The molecule has 0 aromatic heterocycles. The summed E-state index contributed by atoms with van der Waals surface area (Å²) >= 11 is 4.44. The van der Waals surface area contributed by atoms with Crippen LogP contribution < -0.4 is 0 Å². The molecule has 1 aliphatic carbocycles. The Morgan fingerprint density at radius 2 is 2.00 bits per heavy atom. The fourth-order valence-corrected chi connectivity index (χ4v) is 3.01. The zero-order valence-corrected chi connectivity index (χ0v) is 12.2. The van der Waals surface area contributed by atoms with Crippen molar-refractivity contribution in [1.29, 1.82) is 0 Å². The van der Waals surface area contributed by atoms with E-state index in [-0.39, 0.29) is 0 Å². The Kier molecular flexibility index (Phi) is 5.66. The first-order valence-electron chi connectivity index (χ1n) is 6.66. The number of ether oxygens (including phenoxy) is 1. The number of hydrogen-bond acceptors (Lipinski definition) is 2. The van der Waals surface area contributed by atoms with Crippen LogP contribution in [0.5, 0.6) is 0 Å². The van der Waals surface area contributed by atoms with Gasteiger partial charge in [-0.25, -0.2) is 0 Å². The molecule has 0 aromatic rings. The van der Waals surface area contributed by atoms with Crippen LogP contribution >= 0.6 is 12.6 Å². The van der Waals surface area contributed by atoms with Crippen molar-refractivity contribution in [3.8, 4) is 0 Å². The fraction of sp³-hybridized carbons (Fsp3) is 1.00. The number of thiol groups is 1. The van der Waals surface area contributed by atoms with Crippen LogP contribution in [-0.4, -0.2) is 18.5 Å². The summed E-state index contributed by atoms with van der Waals surface area (Å²) in [5.41, 5.74) is 0.308. The van der Waals surface area contributed by atoms with Crippen molar-refractivity contribution >= 4 is 12.6 Å². The minimum Gasteiger partial charge on any atom is -0.378 e. The third kappa shape index (κ3) is 4.67. The second kappa shape index (κ2) is 6.30. The van der Waals surface area contributed by atoms with Crippen molar-refractivity contribution in [2.24, 2.45) is 17.3 Å². The molecule has 0 aromatic carbocycles. The zero-order valence-electron chi connectivity index (χ0n) is 11.3. The van der Waals surface area contributed by atoms with Crippen LogP contribution in [0.25, 0.3) is 0 Å². The van der Waals surface area contributed by atoms with Gasteiger partial charge in [0.1, 0.15) is 0 Å². The lowest BCUT2D eigenvalue weighted by atomic mass is 9.82. The van der Waals surface area contributed by atoms with Gasteiger partial charge in [-0.1, -0.05) is 40.5 Å². The number of rotatable bonds is 4. The maximum absolute atomic E-state index is 6.08. The lowest BCUT2D eigenvalue weighted by molar-refractivity contribution is -0.0176. The third-order valence-electron chi connectivity index (χ3n) is 3.87. The Morgan fingerprint density at radius 3 is 2.50 bits per heavy atom. The molecule has 0 aliphatic heterocycles. The lowest BCUT2D eigenvalue weighted by Gasteiger charge is -2.33. The average molecular weight is 244 g/mol. The molecule has 1 fully saturated rings. The molecule has 0 amide bonds. The van der Waals surface area contributed by atoms with Crippen LogP contribution in [0, 0.1) is 17.3 Å². The molecule has 0 radical (unpaired) electrons. The van der Waals surface area contributed by atoms with Crippen molar-refractivity contribution < 1.29 is 4.74 Å².